The summed E-state index contributed by atoms with van der Waals surface area (Å²) in [5, 5.41) is 19.1. The molecule has 7 nitrogen and oxygen atoms in total. The van der Waals surface area contributed by atoms with Gasteiger partial charge in [0.1, 0.15) is 0 Å². The topological polar surface area (TPSA) is 106 Å². The van der Waals surface area contributed by atoms with Gasteiger partial charge in [0.05, 0.1) is 17.1 Å². The number of nitrogens with zero attached hydrogens (tertiary/aromatic N) is 4. The summed E-state index contributed by atoms with van der Waals surface area (Å²) >= 11 is 2.55. The predicted octanol–water partition coefficient (Wildman–Crippen LogP) is 4.27. The number of hydrogen-bond acceptors (Lipinski definition) is 8. The van der Waals surface area contributed by atoms with Gasteiger partial charge in [0, 0.05) is 5.69 Å². The van der Waals surface area contributed by atoms with Crippen LogP contribution < -0.4 is 11.1 Å². The van der Waals surface area contributed by atoms with Gasteiger partial charge in [-0.1, -0.05) is 41.3 Å². The van der Waals surface area contributed by atoms with Crippen LogP contribution in [0.4, 0.5) is 22.2 Å². The van der Waals surface area contributed by atoms with Gasteiger partial charge in [0.15, 0.2) is 4.34 Å². The fourth-order valence-electron chi connectivity index (χ4n) is 1.82. The number of azo groups is 1. The minimum Gasteiger partial charge on any atom is -0.374 e. The first-order chi connectivity index (χ1) is 12.2. The molecule has 1 heterocycles. The Labute approximate surface area is 152 Å². The average molecular weight is 370 g/mol. The van der Waals surface area contributed by atoms with Gasteiger partial charge in [-0.25, -0.2) is 0 Å². The van der Waals surface area contributed by atoms with E-state index in [2.05, 4.69) is 25.7 Å². The molecule has 1 aromatic heterocycles. The number of carbonyl (C=O) groups is 1. The SMILES string of the molecule is Nc1nnc(SCC(=O)Nc2ccc(N=Nc3ccccc3)cc2)s1. The van der Waals surface area contributed by atoms with Crippen LogP contribution in [0.3, 0.4) is 0 Å². The van der Waals surface area contributed by atoms with Crippen molar-refractivity contribution in [2.45, 2.75) is 4.34 Å². The maximum atomic E-state index is 11.9. The lowest BCUT2D eigenvalue weighted by atomic mass is 10.3. The molecule has 0 saturated carbocycles. The molecule has 0 saturated heterocycles. The number of amides is 1. The number of rotatable bonds is 6. The molecule has 3 aromatic rings. The Kier molecular flexibility index (Phi) is 5.70. The fraction of sp³-hybridized carbons (Fsp3) is 0.0625. The first-order valence-electron chi connectivity index (χ1n) is 7.27. The van der Waals surface area contributed by atoms with Crippen molar-refractivity contribution in [1.82, 2.24) is 10.2 Å². The van der Waals surface area contributed by atoms with Gasteiger partial charge >= 0.3 is 0 Å². The summed E-state index contributed by atoms with van der Waals surface area (Å²) in [4.78, 5) is 11.9. The second-order valence-electron chi connectivity index (χ2n) is 4.83. The molecule has 3 rings (SSSR count). The van der Waals surface area contributed by atoms with Gasteiger partial charge in [0.25, 0.3) is 0 Å². The predicted molar refractivity (Wildman–Crippen MR) is 101 cm³/mol. The Morgan fingerprint density at radius 3 is 2.36 bits per heavy atom. The largest absolute Gasteiger partial charge is 0.374 e. The van der Waals surface area contributed by atoms with Crippen LogP contribution in [0, 0.1) is 0 Å². The van der Waals surface area contributed by atoms with Crippen LogP contribution in [-0.2, 0) is 4.79 Å². The number of nitrogen functional groups attached to an aromatic ring is 1. The average Bonchev–Trinajstić information content (AvgIpc) is 3.06. The third-order valence-corrected chi connectivity index (χ3v) is 4.82. The normalized spacial score (nSPS) is 10.9. The Bertz CT molecular complexity index is 864. The zero-order valence-corrected chi connectivity index (χ0v) is 14.6. The van der Waals surface area contributed by atoms with Crippen LogP contribution in [0.15, 0.2) is 69.2 Å². The van der Waals surface area contributed by atoms with Crippen molar-refractivity contribution < 1.29 is 4.79 Å². The van der Waals surface area contributed by atoms with Crippen molar-refractivity contribution in [3.63, 3.8) is 0 Å². The molecule has 0 bridgehead atoms. The molecule has 3 N–H and O–H groups in total. The van der Waals surface area contributed by atoms with Crippen LogP contribution in [-0.4, -0.2) is 21.9 Å². The Morgan fingerprint density at radius 2 is 1.72 bits per heavy atom. The van der Waals surface area contributed by atoms with E-state index in [1.165, 1.54) is 23.1 Å². The molecule has 25 heavy (non-hydrogen) atoms. The zero-order chi connectivity index (χ0) is 17.5. The Morgan fingerprint density at radius 1 is 1.04 bits per heavy atom. The molecule has 9 heteroatoms. The smallest absolute Gasteiger partial charge is 0.234 e. The first-order valence-corrected chi connectivity index (χ1v) is 9.08. The van der Waals surface area contributed by atoms with E-state index in [0.29, 0.717) is 20.8 Å². The molecule has 0 radical (unpaired) electrons. The molecule has 0 aliphatic heterocycles. The number of benzene rings is 2. The molecule has 126 valence electrons. The highest BCUT2D eigenvalue weighted by Gasteiger charge is 2.07. The van der Waals surface area contributed by atoms with Crippen LogP contribution >= 0.6 is 23.1 Å². The lowest BCUT2D eigenvalue weighted by Crippen LogP contribution is -2.13. The molecule has 0 atom stereocenters. The third-order valence-electron chi connectivity index (χ3n) is 2.94. The van der Waals surface area contributed by atoms with Crippen LogP contribution in [0.2, 0.25) is 0 Å². The van der Waals surface area contributed by atoms with Crippen molar-refractivity contribution >= 4 is 51.2 Å². The summed E-state index contributed by atoms with van der Waals surface area (Å²) in [6.07, 6.45) is 0. The highest BCUT2D eigenvalue weighted by Crippen LogP contribution is 2.24. The summed E-state index contributed by atoms with van der Waals surface area (Å²) in [5.41, 5.74) is 7.69. The van der Waals surface area contributed by atoms with E-state index >= 15 is 0 Å². The number of nitrogens with two attached hydrogens (primary N) is 1. The van der Waals surface area contributed by atoms with E-state index in [4.69, 9.17) is 5.73 Å². The highest BCUT2D eigenvalue weighted by molar-refractivity contribution is 8.01. The van der Waals surface area contributed by atoms with Crippen molar-refractivity contribution in [2.75, 3.05) is 16.8 Å². The fourth-order valence-corrected chi connectivity index (χ4v) is 3.26. The van der Waals surface area contributed by atoms with E-state index < -0.39 is 0 Å². The van der Waals surface area contributed by atoms with Gasteiger partial charge in [-0.3, -0.25) is 4.79 Å². The monoisotopic (exact) mass is 370 g/mol. The number of nitrogens with one attached hydrogen (secondary N) is 1. The first kappa shape index (κ1) is 17.1. The molecule has 0 unspecified atom stereocenters. The third kappa shape index (κ3) is 5.37. The Hall–Kier alpha value is -2.78. The minimum atomic E-state index is -0.127. The number of aromatic nitrogens is 2. The van der Waals surface area contributed by atoms with E-state index in [0.717, 1.165) is 5.69 Å². The van der Waals surface area contributed by atoms with Crippen molar-refractivity contribution in [3.05, 3.63) is 54.6 Å². The standard InChI is InChI=1S/C16H14N6OS2/c17-15-21-22-16(25-15)24-10-14(23)18-11-6-8-13(9-7-11)20-19-12-4-2-1-3-5-12/h1-9H,10H2,(H2,17,21)(H,18,23). The van der Waals surface area contributed by atoms with Gasteiger partial charge in [-0.2, -0.15) is 10.2 Å². The number of thioether (sulfide) groups is 1. The van der Waals surface area contributed by atoms with E-state index in [-0.39, 0.29) is 11.7 Å². The molecule has 0 spiro atoms. The van der Waals surface area contributed by atoms with E-state index in [1.54, 1.807) is 24.3 Å². The summed E-state index contributed by atoms with van der Waals surface area (Å²) < 4.78 is 0.671. The lowest BCUT2D eigenvalue weighted by molar-refractivity contribution is -0.113. The summed E-state index contributed by atoms with van der Waals surface area (Å²) in [6, 6.07) is 16.6. The lowest BCUT2D eigenvalue weighted by Gasteiger charge is -2.04. The van der Waals surface area contributed by atoms with E-state index in [9.17, 15) is 4.79 Å². The second-order valence-corrected chi connectivity index (χ2v) is 7.06. The quantitative estimate of drug-likeness (QED) is 0.498. The van der Waals surface area contributed by atoms with Gasteiger partial charge in [-0.15, -0.1) is 10.2 Å². The van der Waals surface area contributed by atoms with Crippen LogP contribution in [0.5, 0.6) is 0 Å². The molecule has 1 amide bonds. The molecule has 0 aliphatic rings. The molecular weight excluding hydrogens is 356 g/mol. The zero-order valence-electron chi connectivity index (χ0n) is 13.0. The van der Waals surface area contributed by atoms with E-state index in [1.807, 2.05) is 30.3 Å². The number of hydrogen-bond donors (Lipinski definition) is 2. The summed E-state index contributed by atoms with van der Waals surface area (Å²) in [6.45, 7) is 0. The molecule has 0 fully saturated rings. The highest BCUT2D eigenvalue weighted by atomic mass is 32.2. The van der Waals surface area contributed by atoms with Crippen molar-refractivity contribution in [1.29, 1.82) is 0 Å². The van der Waals surface area contributed by atoms with Crippen molar-refractivity contribution in [3.8, 4) is 0 Å². The number of carbonyl (C=O) groups excluding carboxylic acids is 1. The maximum Gasteiger partial charge on any atom is 0.234 e. The second kappa shape index (κ2) is 8.36. The molecule has 0 aliphatic carbocycles. The molecule has 2 aromatic carbocycles. The minimum absolute atomic E-state index is 0.127. The van der Waals surface area contributed by atoms with Gasteiger partial charge in [-0.05, 0) is 36.4 Å². The van der Waals surface area contributed by atoms with Crippen LogP contribution in [0.1, 0.15) is 0 Å². The van der Waals surface area contributed by atoms with Gasteiger partial charge in [0.2, 0.25) is 11.0 Å². The maximum absolute atomic E-state index is 11.9. The summed E-state index contributed by atoms with van der Waals surface area (Å²) in [7, 11) is 0. The number of anilines is 2. The van der Waals surface area contributed by atoms with Crippen LogP contribution in [0.25, 0.3) is 0 Å². The van der Waals surface area contributed by atoms with Gasteiger partial charge < -0.3 is 11.1 Å². The summed E-state index contributed by atoms with van der Waals surface area (Å²) in [5.74, 6) is 0.113. The molecular formula is C16H14N6OS2. The van der Waals surface area contributed by atoms with Crippen molar-refractivity contribution in [2.24, 2.45) is 10.2 Å². The Balaban J connectivity index is 1.51.